The van der Waals surface area contributed by atoms with Crippen molar-refractivity contribution in [2.24, 2.45) is 0 Å². The number of ketones is 1. The fraction of sp³-hybridized carbons (Fsp3) is 0.185. The molecule has 1 amide bonds. The molecular formula is C27H25NO5S. The van der Waals surface area contributed by atoms with Gasteiger partial charge in [0.15, 0.2) is 23.0 Å². The summed E-state index contributed by atoms with van der Waals surface area (Å²) < 4.78 is 10.7. The van der Waals surface area contributed by atoms with Gasteiger partial charge in [0, 0.05) is 11.4 Å². The van der Waals surface area contributed by atoms with E-state index in [9.17, 15) is 14.7 Å². The van der Waals surface area contributed by atoms with Gasteiger partial charge in [-0.05, 0) is 47.2 Å². The number of aliphatic hydroxyl groups excluding tert-OH is 1. The highest BCUT2D eigenvalue weighted by Crippen LogP contribution is 2.40. The van der Waals surface area contributed by atoms with Crippen LogP contribution in [-0.4, -0.2) is 42.5 Å². The van der Waals surface area contributed by atoms with Gasteiger partial charge in [-0.1, -0.05) is 48.5 Å². The topological polar surface area (TPSA) is 76.1 Å². The molecule has 0 spiro atoms. The summed E-state index contributed by atoms with van der Waals surface area (Å²) in [6.45, 7) is 0.320. The zero-order valence-electron chi connectivity index (χ0n) is 18.9. The quantitative estimate of drug-likeness (QED) is 0.442. The van der Waals surface area contributed by atoms with Crippen LogP contribution in [0.4, 0.5) is 0 Å². The van der Waals surface area contributed by atoms with Crippen molar-refractivity contribution >= 4 is 29.1 Å². The molecule has 1 aliphatic heterocycles. The second kappa shape index (κ2) is 10.4. The minimum Gasteiger partial charge on any atom is -0.503 e. The van der Waals surface area contributed by atoms with Crippen LogP contribution in [0.5, 0.6) is 11.5 Å². The van der Waals surface area contributed by atoms with Crippen molar-refractivity contribution < 1.29 is 24.2 Å². The van der Waals surface area contributed by atoms with Crippen molar-refractivity contribution in [1.82, 2.24) is 4.90 Å². The van der Waals surface area contributed by atoms with Crippen LogP contribution in [0, 0.1) is 0 Å². The Hall–Kier alpha value is -3.84. The number of rotatable bonds is 9. The maximum Gasteiger partial charge on any atom is 0.290 e. The Morgan fingerprint density at radius 1 is 1.06 bits per heavy atom. The van der Waals surface area contributed by atoms with E-state index in [1.54, 1.807) is 25.2 Å². The molecule has 0 radical (unpaired) electrons. The number of ether oxygens (including phenoxy) is 2. The lowest BCUT2D eigenvalue weighted by Crippen LogP contribution is -2.32. The third-order valence-electron chi connectivity index (χ3n) is 5.70. The first-order valence-corrected chi connectivity index (χ1v) is 11.7. The van der Waals surface area contributed by atoms with Gasteiger partial charge in [-0.2, -0.15) is 0 Å². The Morgan fingerprint density at radius 3 is 2.50 bits per heavy atom. The minimum absolute atomic E-state index is 0.104. The molecule has 34 heavy (non-hydrogen) atoms. The van der Waals surface area contributed by atoms with E-state index in [4.69, 9.17) is 9.47 Å². The molecule has 6 nitrogen and oxygen atoms in total. The van der Waals surface area contributed by atoms with Crippen molar-refractivity contribution in [3.05, 3.63) is 99.5 Å². The molecule has 1 N–H and O–H groups in total. The average Bonchev–Trinajstić information content (AvgIpc) is 3.48. The van der Waals surface area contributed by atoms with Crippen LogP contribution in [0.1, 0.15) is 22.0 Å². The molecule has 0 fully saturated rings. The summed E-state index contributed by atoms with van der Waals surface area (Å²) in [6.07, 6.45) is 3.61. The predicted octanol–water partition coefficient (Wildman–Crippen LogP) is 4.99. The Balaban J connectivity index is 1.59. The first-order valence-electron chi connectivity index (χ1n) is 10.8. The fourth-order valence-corrected chi connectivity index (χ4v) is 4.84. The van der Waals surface area contributed by atoms with Crippen molar-refractivity contribution in [1.29, 1.82) is 0 Å². The maximum atomic E-state index is 13.1. The summed E-state index contributed by atoms with van der Waals surface area (Å²) in [5.74, 6) is -0.201. The third kappa shape index (κ3) is 4.75. The molecule has 4 rings (SSSR count). The Morgan fingerprint density at radius 2 is 1.82 bits per heavy atom. The molecule has 3 aromatic rings. The second-order valence-corrected chi connectivity index (χ2v) is 8.71. The van der Waals surface area contributed by atoms with Crippen LogP contribution < -0.4 is 9.47 Å². The highest BCUT2D eigenvalue weighted by molar-refractivity contribution is 7.10. The molecule has 0 unspecified atom stereocenters. The number of carbonyl (C=O) groups excluding carboxylic acids is 2. The largest absolute Gasteiger partial charge is 0.503 e. The van der Waals surface area contributed by atoms with Gasteiger partial charge in [-0.3, -0.25) is 9.59 Å². The predicted molar refractivity (Wildman–Crippen MR) is 132 cm³/mol. The molecule has 0 saturated carbocycles. The van der Waals surface area contributed by atoms with Crippen LogP contribution in [0.3, 0.4) is 0 Å². The van der Waals surface area contributed by atoms with Crippen molar-refractivity contribution in [2.45, 2.75) is 12.5 Å². The van der Waals surface area contributed by atoms with Gasteiger partial charge in [0.2, 0.25) is 0 Å². The lowest BCUT2D eigenvalue weighted by molar-refractivity contribution is -0.129. The van der Waals surface area contributed by atoms with Gasteiger partial charge in [0.05, 0.1) is 25.8 Å². The summed E-state index contributed by atoms with van der Waals surface area (Å²) in [7, 11) is 3.15. The lowest BCUT2D eigenvalue weighted by atomic mass is 10.0. The number of allylic oxidation sites excluding steroid dienone is 1. The number of amides is 1. The van der Waals surface area contributed by atoms with E-state index in [0.29, 0.717) is 24.5 Å². The third-order valence-corrected chi connectivity index (χ3v) is 6.62. The molecule has 1 aromatic heterocycles. The van der Waals surface area contributed by atoms with Crippen LogP contribution in [0.15, 0.2) is 83.5 Å². The molecule has 7 heteroatoms. The summed E-state index contributed by atoms with van der Waals surface area (Å²) in [4.78, 5) is 28.6. The molecular weight excluding hydrogens is 450 g/mol. The number of thiophene rings is 1. The molecule has 0 aliphatic carbocycles. The maximum absolute atomic E-state index is 13.1. The number of methoxy groups -OCH3 is 2. The second-order valence-electron chi connectivity index (χ2n) is 7.73. The molecule has 174 valence electrons. The van der Waals surface area contributed by atoms with Gasteiger partial charge in [-0.15, -0.1) is 11.3 Å². The molecule has 2 heterocycles. The lowest BCUT2D eigenvalue weighted by Gasteiger charge is -2.25. The average molecular weight is 476 g/mol. The summed E-state index contributed by atoms with van der Waals surface area (Å²) >= 11 is 1.44. The summed E-state index contributed by atoms with van der Waals surface area (Å²) in [5, 5.41) is 12.6. The summed E-state index contributed by atoms with van der Waals surface area (Å²) in [6, 6.07) is 18.1. The molecule has 0 bridgehead atoms. The van der Waals surface area contributed by atoms with Crippen LogP contribution in [0.25, 0.3) is 6.08 Å². The first kappa shape index (κ1) is 23.3. The Bertz CT molecular complexity index is 1230. The van der Waals surface area contributed by atoms with Crippen molar-refractivity contribution in [3.63, 3.8) is 0 Å². The zero-order valence-corrected chi connectivity index (χ0v) is 19.7. The normalized spacial score (nSPS) is 15.9. The number of nitrogens with zero attached hydrogens (tertiary/aromatic N) is 1. The van der Waals surface area contributed by atoms with Gasteiger partial charge < -0.3 is 19.5 Å². The van der Waals surface area contributed by atoms with E-state index in [-0.39, 0.29) is 11.4 Å². The highest BCUT2D eigenvalue weighted by atomic mass is 32.1. The van der Waals surface area contributed by atoms with Gasteiger partial charge in [0.25, 0.3) is 5.91 Å². The van der Waals surface area contributed by atoms with E-state index in [2.05, 4.69) is 0 Å². The van der Waals surface area contributed by atoms with E-state index in [0.717, 1.165) is 16.0 Å². The van der Waals surface area contributed by atoms with Crippen molar-refractivity contribution in [3.8, 4) is 11.5 Å². The Labute approximate surface area is 202 Å². The standard InChI is InChI=1S/C27H25NO5S/c1-32-21-13-11-19(17-22(21)33-2)14-15-28-25(23-9-6-16-34-23)24(26(30)27(28)31)20(29)12-10-18-7-4-3-5-8-18/h3-13,16-17,25,30H,14-15H2,1-2H3/b12-10+/t25-/m0/s1. The number of benzene rings is 2. The molecule has 2 aromatic carbocycles. The summed E-state index contributed by atoms with van der Waals surface area (Å²) in [5.41, 5.74) is 1.91. The van der Waals surface area contributed by atoms with Crippen LogP contribution in [-0.2, 0) is 16.0 Å². The zero-order chi connectivity index (χ0) is 24.1. The SMILES string of the molecule is COc1ccc(CCN2C(=O)C(O)=C(C(=O)/C=C/c3ccccc3)[C@@H]2c2cccs2)cc1OC. The van der Waals surface area contributed by atoms with Gasteiger partial charge in [0.1, 0.15) is 0 Å². The van der Waals surface area contributed by atoms with E-state index in [1.165, 1.54) is 17.4 Å². The number of carbonyl (C=O) groups is 2. The fourth-order valence-electron chi connectivity index (χ4n) is 3.99. The van der Waals surface area contributed by atoms with Gasteiger partial charge >= 0.3 is 0 Å². The van der Waals surface area contributed by atoms with E-state index in [1.807, 2.05) is 66.0 Å². The van der Waals surface area contributed by atoms with Crippen molar-refractivity contribution in [2.75, 3.05) is 20.8 Å². The molecule has 1 atom stereocenters. The Kier molecular flexibility index (Phi) is 7.13. The van der Waals surface area contributed by atoms with Gasteiger partial charge in [-0.25, -0.2) is 0 Å². The molecule has 1 aliphatic rings. The van der Waals surface area contributed by atoms with E-state index < -0.39 is 17.7 Å². The first-order chi connectivity index (χ1) is 16.5. The molecule has 0 saturated heterocycles. The van der Waals surface area contributed by atoms with Crippen LogP contribution >= 0.6 is 11.3 Å². The van der Waals surface area contributed by atoms with Crippen LogP contribution in [0.2, 0.25) is 0 Å². The minimum atomic E-state index is -0.638. The number of aliphatic hydroxyl groups is 1. The van der Waals surface area contributed by atoms with E-state index >= 15 is 0 Å². The number of hydrogen-bond acceptors (Lipinski definition) is 6. The highest BCUT2D eigenvalue weighted by Gasteiger charge is 2.43. The smallest absolute Gasteiger partial charge is 0.290 e. The monoisotopic (exact) mass is 475 g/mol. The number of hydrogen-bond donors (Lipinski definition) is 1.